The van der Waals surface area contributed by atoms with Crippen molar-refractivity contribution in [1.29, 1.82) is 0 Å². The molecule has 104 valence electrons. The standard InChI is InChI=1S/C14H17N5O/c1-9-2-3-11-12(16-17-13(11)15-9)14(20)19-7-6-18-5-4-10(19)8-18/h2-3,10H,4-8H2,1H3,(H,15,16,17). The van der Waals surface area contributed by atoms with Gasteiger partial charge in [0.05, 0.1) is 5.39 Å². The minimum absolute atomic E-state index is 0.0599. The van der Waals surface area contributed by atoms with Crippen LogP contribution < -0.4 is 0 Å². The summed E-state index contributed by atoms with van der Waals surface area (Å²) >= 11 is 0. The number of pyridine rings is 1. The first-order chi connectivity index (χ1) is 9.72. The van der Waals surface area contributed by atoms with Gasteiger partial charge in [0.2, 0.25) is 0 Å². The third kappa shape index (κ3) is 1.71. The van der Waals surface area contributed by atoms with Crippen molar-refractivity contribution < 1.29 is 4.79 Å². The Morgan fingerprint density at radius 3 is 3.15 bits per heavy atom. The number of piperazine rings is 1. The highest BCUT2D eigenvalue weighted by Gasteiger charge is 2.36. The van der Waals surface area contributed by atoms with Gasteiger partial charge in [-0.05, 0) is 25.5 Å². The quantitative estimate of drug-likeness (QED) is 0.833. The van der Waals surface area contributed by atoms with Crippen molar-refractivity contribution in [2.75, 3.05) is 26.2 Å². The van der Waals surface area contributed by atoms with Gasteiger partial charge in [-0.25, -0.2) is 4.98 Å². The lowest BCUT2D eigenvalue weighted by Gasteiger charge is -2.34. The molecule has 2 aliphatic rings. The van der Waals surface area contributed by atoms with Crippen LogP contribution in [0.15, 0.2) is 12.1 Å². The van der Waals surface area contributed by atoms with Crippen molar-refractivity contribution in [2.45, 2.75) is 19.4 Å². The number of hydrogen-bond acceptors (Lipinski definition) is 4. The first kappa shape index (κ1) is 11.8. The number of hydrogen-bond donors (Lipinski definition) is 1. The zero-order chi connectivity index (χ0) is 13.7. The normalized spacial score (nSPS) is 25.4. The maximum atomic E-state index is 12.8. The van der Waals surface area contributed by atoms with Gasteiger partial charge >= 0.3 is 0 Å². The molecule has 1 amide bonds. The van der Waals surface area contributed by atoms with E-state index in [4.69, 9.17) is 0 Å². The molecular formula is C14H17N5O. The van der Waals surface area contributed by atoms with Crippen LogP contribution >= 0.6 is 0 Å². The lowest BCUT2D eigenvalue weighted by Crippen LogP contribution is -2.49. The van der Waals surface area contributed by atoms with Crippen LogP contribution in [0.25, 0.3) is 11.0 Å². The first-order valence-electron chi connectivity index (χ1n) is 7.07. The number of aryl methyl sites for hydroxylation is 1. The summed E-state index contributed by atoms with van der Waals surface area (Å²) in [6, 6.07) is 4.20. The van der Waals surface area contributed by atoms with E-state index in [0.29, 0.717) is 17.4 Å². The van der Waals surface area contributed by atoms with E-state index in [1.165, 1.54) is 0 Å². The number of nitrogens with zero attached hydrogens (tertiary/aromatic N) is 4. The van der Waals surface area contributed by atoms with Crippen molar-refractivity contribution in [3.8, 4) is 0 Å². The van der Waals surface area contributed by atoms with Crippen LogP contribution in [0.4, 0.5) is 0 Å². The predicted octanol–water partition coefficient (Wildman–Crippen LogP) is 0.796. The third-order valence-electron chi connectivity index (χ3n) is 4.38. The van der Waals surface area contributed by atoms with E-state index in [1.807, 2.05) is 24.0 Å². The topological polar surface area (TPSA) is 65.1 Å². The summed E-state index contributed by atoms with van der Waals surface area (Å²) in [5.74, 6) is 0.0599. The molecule has 0 radical (unpaired) electrons. The number of aromatic amines is 1. The second kappa shape index (κ2) is 4.28. The van der Waals surface area contributed by atoms with Crippen LogP contribution in [0.3, 0.4) is 0 Å². The van der Waals surface area contributed by atoms with E-state index in [2.05, 4.69) is 20.1 Å². The Morgan fingerprint density at radius 2 is 2.25 bits per heavy atom. The smallest absolute Gasteiger partial charge is 0.272 e. The molecule has 2 aromatic rings. The fourth-order valence-electron chi connectivity index (χ4n) is 3.27. The molecule has 20 heavy (non-hydrogen) atoms. The summed E-state index contributed by atoms with van der Waals surface area (Å²) in [6.07, 6.45) is 1.08. The molecule has 2 fully saturated rings. The van der Waals surface area contributed by atoms with E-state index in [1.54, 1.807) is 0 Å². The molecule has 2 aliphatic heterocycles. The highest BCUT2D eigenvalue weighted by molar-refractivity contribution is 6.04. The number of aromatic nitrogens is 3. The largest absolute Gasteiger partial charge is 0.332 e. The molecule has 6 nitrogen and oxygen atoms in total. The van der Waals surface area contributed by atoms with Gasteiger partial charge in [0, 0.05) is 37.9 Å². The van der Waals surface area contributed by atoms with Crippen LogP contribution in [-0.4, -0.2) is 63.1 Å². The zero-order valence-electron chi connectivity index (χ0n) is 11.5. The molecule has 2 atom stereocenters. The lowest BCUT2D eigenvalue weighted by molar-refractivity contribution is 0.0605. The molecule has 2 bridgehead atoms. The average molecular weight is 271 g/mol. The Hall–Kier alpha value is -1.95. The Morgan fingerprint density at radius 1 is 1.35 bits per heavy atom. The van der Waals surface area contributed by atoms with Crippen LogP contribution in [0.2, 0.25) is 0 Å². The summed E-state index contributed by atoms with van der Waals surface area (Å²) in [7, 11) is 0. The molecule has 0 spiro atoms. The van der Waals surface area contributed by atoms with Crippen LogP contribution in [0, 0.1) is 6.92 Å². The maximum absolute atomic E-state index is 12.8. The van der Waals surface area contributed by atoms with Gasteiger partial charge in [-0.1, -0.05) is 0 Å². The highest BCUT2D eigenvalue weighted by atomic mass is 16.2. The molecule has 2 aromatic heterocycles. The molecule has 0 saturated carbocycles. The monoisotopic (exact) mass is 271 g/mol. The number of nitrogens with one attached hydrogen (secondary N) is 1. The number of rotatable bonds is 1. The molecule has 4 rings (SSSR count). The molecular weight excluding hydrogens is 254 g/mol. The highest BCUT2D eigenvalue weighted by Crippen LogP contribution is 2.24. The van der Waals surface area contributed by atoms with Crippen molar-refractivity contribution in [3.63, 3.8) is 0 Å². The number of carbonyl (C=O) groups excluding carboxylic acids is 1. The molecule has 1 N–H and O–H groups in total. The number of fused-ring (bicyclic) bond motifs is 3. The first-order valence-corrected chi connectivity index (χ1v) is 7.07. The van der Waals surface area contributed by atoms with E-state index in [-0.39, 0.29) is 5.91 Å². The number of H-pyrrole nitrogens is 1. The van der Waals surface area contributed by atoms with E-state index in [0.717, 1.165) is 43.7 Å². The molecule has 0 aliphatic carbocycles. The summed E-state index contributed by atoms with van der Waals surface area (Å²) in [5, 5.41) is 7.86. The van der Waals surface area contributed by atoms with Crippen molar-refractivity contribution >= 4 is 16.9 Å². The lowest BCUT2D eigenvalue weighted by atomic mass is 10.1. The van der Waals surface area contributed by atoms with E-state index >= 15 is 0 Å². The van der Waals surface area contributed by atoms with Crippen molar-refractivity contribution in [1.82, 2.24) is 25.0 Å². The molecule has 2 unspecified atom stereocenters. The van der Waals surface area contributed by atoms with Gasteiger partial charge in [-0.3, -0.25) is 14.8 Å². The predicted molar refractivity (Wildman–Crippen MR) is 74.5 cm³/mol. The Bertz CT molecular complexity index is 679. The molecule has 6 heteroatoms. The van der Waals surface area contributed by atoms with E-state index < -0.39 is 0 Å². The SMILES string of the molecule is Cc1ccc2c(C(=O)N3CCN4CCC3C4)[nH]nc2n1. The third-order valence-corrected chi connectivity index (χ3v) is 4.38. The second-order valence-corrected chi connectivity index (χ2v) is 5.66. The van der Waals surface area contributed by atoms with Crippen LogP contribution in [0.1, 0.15) is 22.6 Å². The molecule has 0 aromatic carbocycles. The molecule has 4 heterocycles. The van der Waals surface area contributed by atoms with Gasteiger partial charge in [0.15, 0.2) is 5.65 Å². The van der Waals surface area contributed by atoms with Crippen LogP contribution in [0.5, 0.6) is 0 Å². The minimum Gasteiger partial charge on any atom is -0.332 e. The number of carbonyl (C=O) groups is 1. The average Bonchev–Trinajstić information content (AvgIpc) is 3.02. The van der Waals surface area contributed by atoms with E-state index in [9.17, 15) is 4.79 Å². The van der Waals surface area contributed by atoms with Gasteiger partial charge in [-0.2, -0.15) is 5.10 Å². The summed E-state index contributed by atoms with van der Waals surface area (Å²) < 4.78 is 0. The van der Waals surface area contributed by atoms with Gasteiger partial charge in [-0.15, -0.1) is 0 Å². The molecule has 2 saturated heterocycles. The Labute approximate surface area is 116 Å². The van der Waals surface area contributed by atoms with Crippen LogP contribution in [-0.2, 0) is 0 Å². The maximum Gasteiger partial charge on any atom is 0.272 e. The zero-order valence-corrected chi connectivity index (χ0v) is 11.5. The van der Waals surface area contributed by atoms with Gasteiger partial charge in [0.25, 0.3) is 5.91 Å². The fraction of sp³-hybridized carbons (Fsp3) is 0.500. The number of amides is 1. The Balaban J connectivity index is 1.70. The van der Waals surface area contributed by atoms with Crippen molar-refractivity contribution in [3.05, 3.63) is 23.5 Å². The summed E-state index contributed by atoms with van der Waals surface area (Å²) in [4.78, 5) is 21.5. The second-order valence-electron chi connectivity index (χ2n) is 5.66. The van der Waals surface area contributed by atoms with Gasteiger partial charge < -0.3 is 4.90 Å². The summed E-state index contributed by atoms with van der Waals surface area (Å²) in [6.45, 7) is 5.83. The minimum atomic E-state index is 0.0599. The summed E-state index contributed by atoms with van der Waals surface area (Å²) in [5.41, 5.74) is 2.11. The van der Waals surface area contributed by atoms with Gasteiger partial charge in [0.1, 0.15) is 5.69 Å². The fourth-order valence-corrected chi connectivity index (χ4v) is 3.27. The Kier molecular flexibility index (Phi) is 2.53. The van der Waals surface area contributed by atoms with Crippen molar-refractivity contribution in [2.24, 2.45) is 0 Å².